The number of aromatic nitrogens is 3. The summed E-state index contributed by atoms with van der Waals surface area (Å²) in [6, 6.07) is 4.17. The first-order chi connectivity index (χ1) is 14.5. The Balaban J connectivity index is 1.55. The molecule has 1 aliphatic carbocycles. The van der Waals surface area contributed by atoms with Gasteiger partial charge in [-0.1, -0.05) is 12.8 Å². The highest BCUT2D eigenvalue weighted by molar-refractivity contribution is 5.93. The van der Waals surface area contributed by atoms with Crippen molar-refractivity contribution in [2.45, 2.75) is 52.0 Å². The minimum atomic E-state index is -0.507. The number of nitriles is 1. The standard InChI is InChI=1S/C21H26N6O3/c1-14-15(2)27(16-6-3-4-7-16)20(17(14)12-22)26-18(28)13-30-19(29)8-11-25-21-23-9-5-10-24-21/h5,9-10,16H,3-4,6-8,11,13H2,1-2H3,(H,26,28)(H,23,24,25). The Morgan fingerprint density at radius 2 is 1.97 bits per heavy atom. The summed E-state index contributed by atoms with van der Waals surface area (Å²) in [5.74, 6) is -0.0441. The molecule has 0 aromatic carbocycles. The number of hydrogen-bond acceptors (Lipinski definition) is 7. The first-order valence-electron chi connectivity index (χ1n) is 10.1. The molecule has 0 radical (unpaired) electrons. The summed E-state index contributed by atoms with van der Waals surface area (Å²) in [6.07, 6.45) is 7.58. The van der Waals surface area contributed by atoms with Crippen molar-refractivity contribution < 1.29 is 14.3 Å². The first-order valence-corrected chi connectivity index (χ1v) is 10.1. The lowest BCUT2D eigenvalue weighted by Gasteiger charge is -2.19. The second-order valence-electron chi connectivity index (χ2n) is 7.31. The van der Waals surface area contributed by atoms with E-state index in [1.165, 1.54) is 0 Å². The first kappa shape index (κ1) is 21.3. The third kappa shape index (κ3) is 4.95. The molecule has 1 amide bonds. The van der Waals surface area contributed by atoms with Gasteiger partial charge in [0.1, 0.15) is 11.9 Å². The predicted molar refractivity (Wildman–Crippen MR) is 111 cm³/mol. The molecular weight excluding hydrogens is 384 g/mol. The maximum atomic E-state index is 12.4. The van der Waals surface area contributed by atoms with E-state index in [0.29, 0.717) is 23.9 Å². The van der Waals surface area contributed by atoms with E-state index in [9.17, 15) is 14.9 Å². The number of esters is 1. The van der Waals surface area contributed by atoms with Crippen molar-refractivity contribution >= 4 is 23.6 Å². The van der Waals surface area contributed by atoms with Crippen LogP contribution in [-0.2, 0) is 14.3 Å². The SMILES string of the molecule is Cc1c(C#N)c(NC(=O)COC(=O)CCNc2ncccn2)n(C2CCCC2)c1C. The van der Waals surface area contributed by atoms with E-state index in [2.05, 4.69) is 31.2 Å². The number of carbonyl (C=O) groups excluding carboxylic acids is 2. The van der Waals surface area contributed by atoms with Crippen LogP contribution in [0.25, 0.3) is 0 Å². The van der Waals surface area contributed by atoms with Crippen LogP contribution in [0.4, 0.5) is 11.8 Å². The van der Waals surface area contributed by atoms with Gasteiger partial charge in [-0.05, 0) is 38.3 Å². The summed E-state index contributed by atoms with van der Waals surface area (Å²) in [6.45, 7) is 3.75. The molecule has 0 saturated heterocycles. The predicted octanol–water partition coefficient (Wildman–Crippen LogP) is 2.87. The maximum Gasteiger partial charge on any atom is 0.308 e. The van der Waals surface area contributed by atoms with Crippen LogP contribution in [0, 0.1) is 25.2 Å². The largest absolute Gasteiger partial charge is 0.456 e. The lowest BCUT2D eigenvalue weighted by Crippen LogP contribution is -2.24. The van der Waals surface area contributed by atoms with E-state index < -0.39 is 18.5 Å². The average molecular weight is 410 g/mol. The molecule has 0 bridgehead atoms. The van der Waals surface area contributed by atoms with Crippen molar-refractivity contribution in [1.29, 1.82) is 5.26 Å². The Hall–Kier alpha value is -3.41. The van der Waals surface area contributed by atoms with Crippen LogP contribution in [0.15, 0.2) is 18.5 Å². The number of nitrogens with zero attached hydrogens (tertiary/aromatic N) is 4. The van der Waals surface area contributed by atoms with Gasteiger partial charge in [0, 0.05) is 30.7 Å². The lowest BCUT2D eigenvalue weighted by molar-refractivity contribution is -0.147. The fraction of sp³-hybridized carbons (Fsp3) is 0.476. The fourth-order valence-electron chi connectivity index (χ4n) is 3.76. The zero-order valence-corrected chi connectivity index (χ0v) is 17.3. The number of ether oxygens (including phenoxy) is 1. The fourth-order valence-corrected chi connectivity index (χ4v) is 3.76. The molecule has 3 rings (SSSR count). The average Bonchev–Trinajstić information content (AvgIpc) is 3.34. The number of carbonyl (C=O) groups is 2. The van der Waals surface area contributed by atoms with Crippen molar-refractivity contribution in [2.75, 3.05) is 23.8 Å². The molecule has 2 aromatic rings. The van der Waals surface area contributed by atoms with Crippen LogP contribution in [0.2, 0.25) is 0 Å². The number of nitrogens with one attached hydrogen (secondary N) is 2. The molecule has 0 atom stereocenters. The Kier molecular flexibility index (Phi) is 7.01. The molecule has 2 aromatic heterocycles. The summed E-state index contributed by atoms with van der Waals surface area (Å²) in [7, 11) is 0. The number of amides is 1. The van der Waals surface area contributed by atoms with Crippen LogP contribution < -0.4 is 10.6 Å². The summed E-state index contributed by atoms with van der Waals surface area (Å²) in [5.41, 5.74) is 2.32. The van der Waals surface area contributed by atoms with Crippen molar-refractivity contribution in [2.24, 2.45) is 0 Å². The molecule has 1 aliphatic rings. The number of rotatable bonds is 8. The molecule has 9 heteroatoms. The Labute approximate surface area is 175 Å². The molecule has 1 fully saturated rings. The van der Waals surface area contributed by atoms with Crippen molar-refractivity contribution in [3.8, 4) is 6.07 Å². The summed E-state index contributed by atoms with van der Waals surface area (Å²) in [5, 5.41) is 15.3. The van der Waals surface area contributed by atoms with Crippen molar-refractivity contribution in [1.82, 2.24) is 14.5 Å². The zero-order valence-electron chi connectivity index (χ0n) is 17.3. The summed E-state index contributed by atoms with van der Waals surface area (Å²) in [4.78, 5) is 32.3. The van der Waals surface area contributed by atoms with Crippen LogP contribution in [0.5, 0.6) is 0 Å². The van der Waals surface area contributed by atoms with Gasteiger partial charge in [0.2, 0.25) is 5.95 Å². The van der Waals surface area contributed by atoms with Gasteiger partial charge in [-0.2, -0.15) is 5.26 Å². The van der Waals surface area contributed by atoms with Gasteiger partial charge in [0.05, 0.1) is 12.0 Å². The highest BCUT2D eigenvalue weighted by atomic mass is 16.5. The molecule has 0 unspecified atom stereocenters. The molecule has 2 heterocycles. The Morgan fingerprint density at radius 3 is 2.63 bits per heavy atom. The van der Waals surface area contributed by atoms with E-state index in [0.717, 1.165) is 36.9 Å². The van der Waals surface area contributed by atoms with Gasteiger partial charge >= 0.3 is 5.97 Å². The van der Waals surface area contributed by atoms with E-state index in [1.54, 1.807) is 18.5 Å². The monoisotopic (exact) mass is 410 g/mol. The molecular formula is C21H26N6O3. The molecule has 9 nitrogen and oxygen atoms in total. The quantitative estimate of drug-likeness (QED) is 0.642. The van der Waals surface area contributed by atoms with Gasteiger partial charge in [-0.25, -0.2) is 9.97 Å². The third-order valence-electron chi connectivity index (χ3n) is 5.36. The molecule has 30 heavy (non-hydrogen) atoms. The van der Waals surface area contributed by atoms with Crippen molar-refractivity contribution in [3.05, 3.63) is 35.3 Å². The highest BCUT2D eigenvalue weighted by Gasteiger charge is 2.26. The second kappa shape index (κ2) is 9.87. The Morgan fingerprint density at radius 1 is 1.27 bits per heavy atom. The molecule has 158 valence electrons. The number of anilines is 2. The van der Waals surface area contributed by atoms with Gasteiger partial charge in [0.25, 0.3) is 5.91 Å². The van der Waals surface area contributed by atoms with E-state index >= 15 is 0 Å². The van der Waals surface area contributed by atoms with Gasteiger partial charge in [-0.3, -0.25) is 9.59 Å². The van der Waals surface area contributed by atoms with Gasteiger partial charge < -0.3 is 19.9 Å². The van der Waals surface area contributed by atoms with E-state index in [-0.39, 0.29) is 12.5 Å². The summed E-state index contributed by atoms with van der Waals surface area (Å²) >= 11 is 0. The lowest BCUT2D eigenvalue weighted by atomic mass is 10.2. The normalized spacial score (nSPS) is 13.6. The minimum absolute atomic E-state index is 0.0750. The van der Waals surface area contributed by atoms with Gasteiger partial charge in [0.15, 0.2) is 6.61 Å². The second-order valence-corrected chi connectivity index (χ2v) is 7.31. The molecule has 0 aliphatic heterocycles. The molecule has 1 saturated carbocycles. The van der Waals surface area contributed by atoms with Gasteiger partial charge in [-0.15, -0.1) is 0 Å². The maximum absolute atomic E-state index is 12.4. The van der Waals surface area contributed by atoms with E-state index in [4.69, 9.17) is 4.74 Å². The highest BCUT2D eigenvalue weighted by Crippen LogP contribution is 2.37. The summed E-state index contributed by atoms with van der Waals surface area (Å²) < 4.78 is 7.13. The van der Waals surface area contributed by atoms with Crippen LogP contribution in [0.3, 0.4) is 0 Å². The zero-order chi connectivity index (χ0) is 21.5. The van der Waals surface area contributed by atoms with Crippen LogP contribution in [-0.4, -0.2) is 39.6 Å². The number of hydrogen-bond donors (Lipinski definition) is 2. The smallest absolute Gasteiger partial charge is 0.308 e. The molecule has 2 N–H and O–H groups in total. The van der Waals surface area contributed by atoms with Crippen molar-refractivity contribution in [3.63, 3.8) is 0 Å². The van der Waals surface area contributed by atoms with E-state index in [1.807, 2.05) is 13.8 Å². The Bertz CT molecular complexity index is 942. The third-order valence-corrected chi connectivity index (χ3v) is 5.36. The topological polar surface area (TPSA) is 122 Å². The van der Waals surface area contributed by atoms with Crippen LogP contribution in [0.1, 0.15) is 55.0 Å². The minimum Gasteiger partial charge on any atom is -0.456 e. The molecule has 0 spiro atoms. The van der Waals surface area contributed by atoms with Crippen LogP contribution >= 0.6 is 0 Å².